The van der Waals surface area contributed by atoms with Crippen LogP contribution in [-0.2, 0) is 17.9 Å². The van der Waals surface area contributed by atoms with Gasteiger partial charge in [-0.05, 0) is 29.3 Å². The minimum atomic E-state index is -0.114. The Hall–Kier alpha value is -1.32. The van der Waals surface area contributed by atoms with Crippen LogP contribution >= 0.6 is 11.6 Å². The highest BCUT2D eigenvalue weighted by molar-refractivity contribution is 6.31. The largest absolute Gasteiger partial charge is 0.312 e. The number of nitrogens with zero attached hydrogens (tertiary/aromatic N) is 1. The number of anilines is 1. The Labute approximate surface area is 99.7 Å². The first-order chi connectivity index (χ1) is 7.65. The van der Waals surface area contributed by atoms with Crippen molar-refractivity contribution in [2.24, 2.45) is 0 Å². The van der Waals surface area contributed by atoms with E-state index in [9.17, 15) is 4.79 Å². The Morgan fingerprint density at radius 2 is 2.19 bits per heavy atom. The van der Waals surface area contributed by atoms with Crippen LogP contribution < -0.4 is 10.2 Å². The lowest BCUT2D eigenvalue weighted by Crippen LogP contribution is -2.25. The van der Waals surface area contributed by atoms with E-state index in [0.717, 1.165) is 34.9 Å². The minimum Gasteiger partial charge on any atom is -0.312 e. The Morgan fingerprint density at radius 3 is 2.88 bits per heavy atom. The number of fused-ring (bicyclic) bond motifs is 1. The Bertz CT molecular complexity index is 457. The van der Waals surface area contributed by atoms with Gasteiger partial charge in [0.1, 0.15) is 0 Å². The molecule has 0 radical (unpaired) electrons. The van der Waals surface area contributed by atoms with Crippen LogP contribution in [-0.4, -0.2) is 13.0 Å². The first-order valence-corrected chi connectivity index (χ1v) is 5.44. The van der Waals surface area contributed by atoms with Gasteiger partial charge in [-0.25, -0.2) is 0 Å². The van der Waals surface area contributed by atoms with Gasteiger partial charge in [0.15, 0.2) is 0 Å². The second kappa shape index (κ2) is 4.28. The van der Waals surface area contributed by atoms with Gasteiger partial charge in [-0.1, -0.05) is 18.2 Å². The zero-order valence-electron chi connectivity index (χ0n) is 9.09. The maximum Gasteiger partial charge on any atom is 0.250 e. The number of likely N-dealkylation sites (N-methyl/N-ethyl adjacent to an activating group) is 1. The average molecular weight is 237 g/mol. The predicted octanol–water partition coefficient (Wildman–Crippen LogP) is 2.09. The predicted molar refractivity (Wildman–Crippen MR) is 65.6 cm³/mol. The van der Waals surface area contributed by atoms with Crippen LogP contribution in [0, 0.1) is 0 Å². The zero-order valence-corrected chi connectivity index (χ0v) is 9.84. The molecule has 1 aromatic carbocycles. The molecule has 0 bridgehead atoms. The number of hydrogen-bond donors (Lipinski definition) is 1. The van der Waals surface area contributed by atoms with Crippen LogP contribution in [0.2, 0.25) is 5.02 Å². The van der Waals surface area contributed by atoms with Gasteiger partial charge in [-0.2, -0.15) is 0 Å². The summed E-state index contributed by atoms with van der Waals surface area (Å²) in [6, 6.07) is 3.70. The van der Waals surface area contributed by atoms with E-state index in [-0.39, 0.29) is 5.91 Å². The maximum atomic E-state index is 11.6. The monoisotopic (exact) mass is 236 g/mol. The van der Waals surface area contributed by atoms with Gasteiger partial charge in [0, 0.05) is 30.8 Å². The molecule has 0 fully saturated rings. The van der Waals surface area contributed by atoms with Gasteiger partial charge in [-0.15, -0.1) is 0 Å². The van der Waals surface area contributed by atoms with E-state index >= 15 is 0 Å². The van der Waals surface area contributed by atoms with E-state index in [0.29, 0.717) is 0 Å². The molecule has 84 valence electrons. The molecule has 4 heteroatoms. The average Bonchev–Trinajstić information content (AvgIpc) is 2.77. The number of carbonyl (C=O) groups excluding carboxylic acids is 1. The van der Waals surface area contributed by atoms with Crippen molar-refractivity contribution in [3.05, 3.63) is 40.9 Å². The lowest BCUT2D eigenvalue weighted by Gasteiger charge is -2.19. The van der Waals surface area contributed by atoms with E-state index in [1.165, 1.54) is 6.08 Å². The van der Waals surface area contributed by atoms with Crippen molar-refractivity contribution in [1.29, 1.82) is 0 Å². The third kappa shape index (κ3) is 1.72. The second-order valence-electron chi connectivity index (χ2n) is 3.73. The topological polar surface area (TPSA) is 32.3 Å². The normalized spacial score (nSPS) is 13.4. The molecule has 0 unspecified atom stereocenters. The Morgan fingerprint density at radius 1 is 1.50 bits per heavy atom. The molecular weight excluding hydrogens is 224 g/mol. The highest BCUT2D eigenvalue weighted by Crippen LogP contribution is 2.32. The molecular formula is C12H13ClN2O. The third-order valence-corrected chi connectivity index (χ3v) is 3.17. The molecule has 0 saturated heterocycles. The summed E-state index contributed by atoms with van der Waals surface area (Å²) in [6.45, 7) is 5.00. The van der Waals surface area contributed by atoms with Crippen LogP contribution in [0.3, 0.4) is 0 Å². The Balaban J connectivity index is 2.47. The van der Waals surface area contributed by atoms with Gasteiger partial charge in [0.2, 0.25) is 5.91 Å². The number of benzene rings is 1. The number of rotatable bonds is 2. The fraction of sp³-hybridized carbons (Fsp3) is 0.250. The molecule has 0 saturated carbocycles. The van der Waals surface area contributed by atoms with Crippen molar-refractivity contribution in [3.8, 4) is 0 Å². The quantitative estimate of drug-likeness (QED) is 0.798. The number of nitrogens with one attached hydrogen (secondary N) is 1. The summed E-state index contributed by atoms with van der Waals surface area (Å²) in [5, 5.41) is 3.99. The second-order valence-corrected chi connectivity index (χ2v) is 4.14. The number of carbonyl (C=O) groups is 1. The molecule has 1 amide bonds. The van der Waals surface area contributed by atoms with Gasteiger partial charge >= 0.3 is 0 Å². The molecule has 1 heterocycles. The number of hydrogen-bond acceptors (Lipinski definition) is 2. The third-order valence-electron chi connectivity index (χ3n) is 2.82. The molecule has 16 heavy (non-hydrogen) atoms. The highest BCUT2D eigenvalue weighted by Gasteiger charge is 2.20. The van der Waals surface area contributed by atoms with Crippen LogP contribution in [0.1, 0.15) is 11.1 Å². The molecule has 0 atom stereocenters. The molecule has 1 N–H and O–H groups in total. The summed E-state index contributed by atoms with van der Waals surface area (Å²) in [4.78, 5) is 13.1. The van der Waals surface area contributed by atoms with E-state index in [1.54, 1.807) is 11.9 Å². The molecule has 2 rings (SSSR count). The van der Waals surface area contributed by atoms with Gasteiger partial charge in [-0.3, -0.25) is 4.79 Å². The van der Waals surface area contributed by atoms with E-state index in [2.05, 4.69) is 11.9 Å². The number of amides is 1. The first-order valence-electron chi connectivity index (χ1n) is 5.06. The lowest BCUT2D eigenvalue weighted by atomic mass is 10.1. The lowest BCUT2D eigenvalue weighted by molar-refractivity contribution is -0.113. The van der Waals surface area contributed by atoms with Crippen LogP contribution in [0.25, 0.3) is 0 Å². The maximum absolute atomic E-state index is 11.6. The van der Waals surface area contributed by atoms with E-state index < -0.39 is 0 Å². The molecule has 3 nitrogen and oxygen atoms in total. The smallest absolute Gasteiger partial charge is 0.250 e. The van der Waals surface area contributed by atoms with Crippen molar-refractivity contribution in [1.82, 2.24) is 5.32 Å². The molecule has 0 spiro atoms. The van der Waals surface area contributed by atoms with Crippen molar-refractivity contribution >= 4 is 23.2 Å². The summed E-state index contributed by atoms with van der Waals surface area (Å²) in [5.74, 6) is -0.114. The van der Waals surface area contributed by atoms with Crippen molar-refractivity contribution < 1.29 is 4.79 Å². The fourth-order valence-corrected chi connectivity index (χ4v) is 2.17. The van der Waals surface area contributed by atoms with Gasteiger partial charge in [0.25, 0.3) is 0 Å². The minimum absolute atomic E-state index is 0.114. The summed E-state index contributed by atoms with van der Waals surface area (Å²) >= 11 is 6.10. The molecule has 0 aliphatic carbocycles. The van der Waals surface area contributed by atoms with Crippen LogP contribution in [0.5, 0.6) is 0 Å². The van der Waals surface area contributed by atoms with Crippen LogP contribution in [0.4, 0.5) is 5.69 Å². The summed E-state index contributed by atoms with van der Waals surface area (Å²) < 4.78 is 0. The molecule has 1 aromatic rings. The van der Waals surface area contributed by atoms with Crippen molar-refractivity contribution in [2.45, 2.75) is 13.1 Å². The van der Waals surface area contributed by atoms with Crippen LogP contribution in [0.15, 0.2) is 24.8 Å². The molecule has 0 aromatic heterocycles. The number of halogens is 1. The van der Waals surface area contributed by atoms with Crippen molar-refractivity contribution in [3.63, 3.8) is 0 Å². The summed E-state index contributed by atoms with van der Waals surface area (Å²) in [7, 11) is 1.74. The molecule has 1 aliphatic heterocycles. The standard InChI is InChI=1S/C12H13ClN2O/c1-3-12(16)15(2)11-5-4-10(13)8-6-14-7-9(8)11/h3-5,14H,1,6-7H2,2H3. The SMILES string of the molecule is C=CC(=O)N(C)c1ccc(Cl)c2c1CNC2. The van der Waals surface area contributed by atoms with Gasteiger partial charge < -0.3 is 10.2 Å². The van der Waals surface area contributed by atoms with E-state index in [4.69, 9.17) is 11.6 Å². The first kappa shape index (κ1) is 11.2. The summed E-state index contributed by atoms with van der Waals surface area (Å²) in [5.41, 5.74) is 3.09. The van der Waals surface area contributed by atoms with Crippen molar-refractivity contribution in [2.75, 3.05) is 11.9 Å². The highest BCUT2D eigenvalue weighted by atomic mass is 35.5. The zero-order chi connectivity index (χ0) is 11.7. The molecule has 1 aliphatic rings. The van der Waals surface area contributed by atoms with Gasteiger partial charge in [0.05, 0.1) is 0 Å². The fourth-order valence-electron chi connectivity index (χ4n) is 1.92. The van der Waals surface area contributed by atoms with E-state index in [1.807, 2.05) is 12.1 Å². The summed E-state index contributed by atoms with van der Waals surface area (Å²) in [6.07, 6.45) is 1.31. The Kier molecular flexibility index (Phi) is 2.99.